The van der Waals surface area contributed by atoms with Gasteiger partial charge in [0.2, 0.25) is 0 Å². The lowest BCUT2D eigenvalue weighted by Crippen LogP contribution is -2.79. The van der Waals surface area contributed by atoms with Gasteiger partial charge in [0.25, 0.3) is 0 Å². The van der Waals surface area contributed by atoms with E-state index in [4.69, 9.17) is 14.2 Å². The van der Waals surface area contributed by atoms with E-state index < -0.39 is 5.60 Å². The van der Waals surface area contributed by atoms with Crippen LogP contribution < -0.4 is 14.8 Å². The number of methoxy groups -OCH3 is 2. The zero-order chi connectivity index (χ0) is 18.6. The first kappa shape index (κ1) is 16.1. The second kappa shape index (κ2) is 4.76. The summed E-state index contributed by atoms with van der Waals surface area (Å²) in [5.41, 5.74) is 1.68. The SMILES string of the molecule is COc1ccc2c3c1O[C@H]1[C@@]4(OC)C=C[C@@]5(C[C@@H]4C(C)=O)[C@@H](C2)NCC[C@]315. The molecule has 6 aliphatic rings. The third kappa shape index (κ3) is 1.46. The Kier molecular flexibility index (Phi) is 2.84. The number of carbonyl (C=O) groups is 1. The summed E-state index contributed by atoms with van der Waals surface area (Å²) in [6.07, 6.45) is 7.08. The van der Waals surface area contributed by atoms with Gasteiger partial charge in [-0.05, 0) is 44.4 Å². The average Bonchev–Trinajstić information content (AvgIpc) is 3.03. The number of Topliss-reactive ketones (excluding diaryl/α,β-unsaturated/α-hetero) is 1. The van der Waals surface area contributed by atoms with Gasteiger partial charge in [0.1, 0.15) is 17.5 Å². The number of hydrogen-bond donors (Lipinski definition) is 1. The molecule has 2 heterocycles. The maximum atomic E-state index is 12.7. The van der Waals surface area contributed by atoms with Crippen LogP contribution in [0.5, 0.6) is 11.5 Å². The van der Waals surface area contributed by atoms with E-state index in [0.29, 0.717) is 6.04 Å². The van der Waals surface area contributed by atoms with Crippen molar-refractivity contribution in [3.8, 4) is 11.5 Å². The van der Waals surface area contributed by atoms with E-state index in [1.165, 1.54) is 11.1 Å². The molecule has 1 aromatic carbocycles. The molecule has 5 heteroatoms. The Morgan fingerprint density at radius 3 is 2.89 bits per heavy atom. The van der Waals surface area contributed by atoms with Gasteiger partial charge in [0.15, 0.2) is 11.5 Å². The zero-order valence-electron chi connectivity index (χ0n) is 16.0. The first-order valence-corrected chi connectivity index (χ1v) is 9.90. The fraction of sp³-hybridized carbons (Fsp3) is 0.591. The topological polar surface area (TPSA) is 56.8 Å². The van der Waals surface area contributed by atoms with E-state index in [0.717, 1.165) is 37.3 Å². The molecule has 0 radical (unpaired) electrons. The van der Waals surface area contributed by atoms with E-state index in [2.05, 4.69) is 23.5 Å². The van der Waals surface area contributed by atoms with Crippen LogP contribution in [0, 0.1) is 11.3 Å². The molecule has 6 atom stereocenters. The molecule has 2 spiro atoms. The molecular formula is C22H25NO4. The second-order valence-corrected chi connectivity index (χ2v) is 8.86. The van der Waals surface area contributed by atoms with Crippen LogP contribution in [0.15, 0.2) is 24.3 Å². The molecule has 5 nitrogen and oxygen atoms in total. The molecule has 1 N–H and O–H groups in total. The smallest absolute Gasteiger partial charge is 0.166 e. The molecule has 2 fully saturated rings. The molecule has 142 valence electrons. The molecule has 0 unspecified atom stereocenters. The van der Waals surface area contributed by atoms with Crippen LogP contribution in [-0.4, -0.2) is 44.3 Å². The predicted molar refractivity (Wildman–Crippen MR) is 99.3 cm³/mol. The number of ether oxygens (including phenoxy) is 3. The Balaban J connectivity index is 1.71. The normalized spacial score (nSPS) is 44.6. The zero-order valence-corrected chi connectivity index (χ0v) is 16.0. The molecular weight excluding hydrogens is 342 g/mol. The lowest BCUT2D eigenvalue weighted by molar-refractivity contribution is -0.200. The fourth-order valence-electron chi connectivity index (χ4n) is 7.34. The largest absolute Gasteiger partial charge is 0.493 e. The summed E-state index contributed by atoms with van der Waals surface area (Å²) < 4.78 is 18.6. The summed E-state index contributed by atoms with van der Waals surface area (Å²) in [6, 6.07) is 4.54. The Hall–Kier alpha value is -1.85. The van der Waals surface area contributed by atoms with Crippen LogP contribution in [0.25, 0.3) is 0 Å². The minimum atomic E-state index is -0.714. The lowest BCUT2D eigenvalue weighted by atomic mass is 9.37. The standard InChI is InChI=1S/C22H25NO4/c1-12(24)14-11-20-6-7-22(14,26-3)19-21(20)8-9-23-16(20)10-13-4-5-15(25-2)18(27-19)17(13)21/h4-7,14,16,19,23H,8-11H2,1-3H3/t14-,16-,19-,20-,21+,22-/m1/s1. The number of fused-ring (bicyclic) bond motifs is 1. The number of ketones is 1. The van der Waals surface area contributed by atoms with Crippen molar-refractivity contribution in [1.29, 1.82) is 0 Å². The molecule has 1 saturated carbocycles. The van der Waals surface area contributed by atoms with Crippen molar-refractivity contribution >= 4 is 5.78 Å². The summed E-state index contributed by atoms with van der Waals surface area (Å²) in [5, 5.41) is 3.77. The number of nitrogens with one attached hydrogen (secondary N) is 1. The van der Waals surface area contributed by atoms with Crippen molar-refractivity contribution in [3.05, 3.63) is 35.4 Å². The van der Waals surface area contributed by atoms with E-state index in [-0.39, 0.29) is 28.6 Å². The first-order chi connectivity index (χ1) is 13.0. The second-order valence-electron chi connectivity index (χ2n) is 8.86. The third-order valence-electron chi connectivity index (χ3n) is 8.33. The van der Waals surface area contributed by atoms with E-state index in [9.17, 15) is 4.79 Å². The summed E-state index contributed by atoms with van der Waals surface area (Å²) in [4.78, 5) is 12.7. The predicted octanol–water partition coefficient (Wildman–Crippen LogP) is 2.16. The average molecular weight is 367 g/mol. The Labute approximate surface area is 159 Å². The molecule has 0 amide bonds. The van der Waals surface area contributed by atoms with Gasteiger partial charge in [-0.1, -0.05) is 18.2 Å². The molecule has 1 saturated heterocycles. The van der Waals surface area contributed by atoms with Crippen molar-refractivity contribution in [1.82, 2.24) is 5.32 Å². The highest BCUT2D eigenvalue weighted by atomic mass is 16.6. The van der Waals surface area contributed by atoms with Crippen molar-refractivity contribution in [2.75, 3.05) is 20.8 Å². The molecule has 4 bridgehead atoms. The lowest BCUT2D eigenvalue weighted by Gasteiger charge is -2.69. The molecule has 7 rings (SSSR count). The van der Waals surface area contributed by atoms with Crippen molar-refractivity contribution < 1.29 is 19.0 Å². The molecule has 1 aromatic rings. The van der Waals surface area contributed by atoms with Crippen LogP contribution in [0.3, 0.4) is 0 Å². The van der Waals surface area contributed by atoms with Crippen molar-refractivity contribution in [2.45, 2.75) is 49.3 Å². The minimum absolute atomic E-state index is 0.114. The van der Waals surface area contributed by atoms with Gasteiger partial charge >= 0.3 is 0 Å². The molecule has 27 heavy (non-hydrogen) atoms. The van der Waals surface area contributed by atoms with Crippen LogP contribution in [-0.2, 0) is 21.4 Å². The molecule has 2 aliphatic heterocycles. The van der Waals surface area contributed by atoms with Gasteiger partial charge < -0.3 is 19.5 Å². The monoisotopic (exact) mass is 367 g/mol. The number of piperidine rings is 1. The Morgan fingerprint density at radius 1 is 1.30 bits per heavy atom. The van der Waals surface area contributed by atoms with Crippen LogP contribution in [0.4, 0.5) is 0 Å². The van der Waals surface area contributed by atoms with Crippen LogP contribution >= 0.6 is 0 Å². The molecule has 4 aliphatic carbocycles. The third-order valence-corrected chi connectivity index (χ3v) is 8.33. The van der Waals surface area contributed by atoms with Gasteiger partial charge in [-0.15, -0.1) is 0 Å². The first-order valence-electron chi connectivity index (χ1n) is 9.90. The van der Waals surface area contributed by atoms with E-state index in [1.54, 1.807) is 21.1 Å². The van der Waals surface area contributed by atoms with Gasteiger partial charge in [-0.3, -0.25) is 4.79 Å². The van der Waals surface area contributed by atoms with Gasteiger partial charge in [-0.2, -0.15) is 0 Å². The van der Waals surface area contributed by atoms with Crippen molar-refractivity contribution in [2.24, 2.45) is 11.3 Å². The number of hydrogen-bond acceptors (Lipinski definition) is 5. The summed E-state index contributed by atoms with van der Waals surface area (Å²) in [6.45, 7) is 2.66. The summed E-state index contributed by atoms with van der Waals surface area (Å²) in [5.74, 6) is 1.66. The van der Waals surface area contributed by atoms with Gasteiger partial charge in [0, 0.05) is 24.1 Å². The maximum absolute atomic E-state index is 12.7. The van der Waals surface area contributed by atoms with Crippen LogP contribution in [0.2, 0.25) is 0 Å². The van der Waals surface area contributed by atoms with E-state index >= 15 is 0 Å². The highest BCUT2D eigenvalue weighted by Gasteiger charge is 2.78. The Morgan fingerprint density at radius 2 is 2.15 bits per heavy atom. The highest BCUT2D eigenvalue weighted by Crippen LogP contribution is 2.73. The van der Waals surface area contributed by atoms with Crippen LogP contribution in [0.1, 0.15) is 30.9 Å². The fourth-order valence-corrected chi connectivity index (χ4v) is 7.34. The summed E-state index contributed by atoms with van der Waals surface area (Å²) in [7, 11) is 3.42. The number of rotatable bonds is 3. The van der Waals surface area contributed by atoms with E-state index in [1.807, 2.05) is 6.07 Å². The van der Waals surface area contributed by atoms with Gasteiger partial charge in [-0.25, -0.2) is 0 Å². The molecule has 0 aromatic heterocycles. The quantitative estimate of drug-likeness (QED) is 0.830. The van der Waals surface area contributed by atoms with Crippen molar-refractivity contribution in [3.63, 3.8) is 0 Å². The number of carbonyl (C=O) groups excluding carboxylic acids is 1. The number of benzene rings is 1. The van der Waals surface area contributed by atoms with Gasteiger partial charge in [0.05, 0.1) is 18.4 Å². The Bertz CT molecular complexity index is 910. The minimum Gasteiger partial charge on any atom is -0.493 e. The maximum Gasteiger partial charge on any atom is 0.166 e. The summed E-state index contributed by atoms with van der Waals surface area (Å²) >= 11 is 0. The highest BCUT2D eigenvalue weighted by molar-refractivity contribution is 5.82.